The van der Waals surface area contributed by atoms with Gasteiger partial charge in [-0.15, -0.1) is 0 Å². The van der Waals surface area contributed by atoms with Crippen molar-refractivity contribution in [2.45, 2.75) is 12.3 Å². The smallest absolute Gasteiger partial charge is 0.152 e. The van der Waals surface area contributed by atoms with Gasteiger partial charge in [0.05, 0.1) is 0 Å². The molecule has 0 N–H and O–H groups in total. The van der Waals surface area contributed by atoms with Crippen molar-refractivity contribution >= 4 is 23.6 Å². The van der Waals surface area contributed by atoms with Gasteiger partial charge in [0.15, 0.2) is 6.29 Å². The number of carbonyl (C=O) groups is 1. The summed E-state index contributed by atoms with van der Waals surface area (Å²) in [6.07, 6.45) is 2.01. The van der Waals surface area contributed by atoms with E-state index in [1.165, 1.54) is 5.56 Å². The molecule has 1 unspecified atom stereocenters. The van der Waals surface area contributed by atoms with Gasteiger partial charge in [-0.3, -0.25) is 4.79 Å². The predicted octanol–water partition coefficient (Wildman–Crippen LogP) is 4.15. The Bertz CT molecular complexity index is 612. The molecular weight excluding hydrogens is 270 g/mol. The number of anilines is 1. The number of halogens is 1. The zero-order valence-electron chi connectivity index (χ0n) is 11.1. The molecule has 2 aromatic rings. The Balaban J connectivity index is 1.84. The number of hydrogen-bond acceptors (Lipinski definition) is 2. The Labute approximate surface area is 124 Å². The van der Waals surface area contributed by atoms with Crippen LogP contribution in [-0.2, 0) is 0 Å². The molecular formula is C17H16ClNO. The molecule has 1 aliphatic heterocycles. The molecule has 102 valence electrons. The summed E-state index contributed by atoms with van der Waals surface area (Å²) >= 11 is 6.06. The van der Waals surface area contributed by atoms with Crippen LogP contribution in [0.2, 0.25) is 5.02 Å². The fourth-order valence-electron chi connectivity index (χ4n) is 2.87. The number of benzene rings is 2. The van der Waals surface area contributed by atoms with Gasteiger partial charge in [-0.25, -0.2) is 0 Å². The quantitative estimate of drug-likeness (QED) is 0.790. The van der Waals surface area contributed by atoms with Crippen molar-refractivity contribution in [2.24, 2.45) is 0 Å². The zero-order valence-corrected chi connectivity index (χ0v) is 11.9. The number of hydrogen-bond donors (Lipinski definition) is 0. The largest absolute Gasteiger partial charge is 0.370 e. The molecule has 1 aliphatic rings. The molecule has 0 saturated carbocycles. The molecule has 0 aliphatic carbocycles. The summed E-state index contributed by atoms with van der Waals surface area (Å²) in [5.41, 5.74) is 3.03. The highest BCUT2D eigenvalue weighted by atomic mass is 35.5. The standard InChI is InChI=1S/C17H16ClNO/c18-16-7-6-15(12-20)17(10-16)19-9-8-14(11-19)13-4-2-1-3-5-13/h1-7,10,12,14H,8-9,11H2. The summed E-state index contributed by atoms with van der Waals surface area (Å²) in [4.78, 5) is 13.4. The molecule has 3 rings (SSSR count). The molecule has 2 nitrogen and oxygen atoms in total. The van der Waals surface area contributed by atoms with Gasteiger partial charge in [-0.05, 0) is 30.2 Å². The van der Waals surface area contributed by atoms with Crippen LogP contribution in [0.1, 0.15) is 28.3 Å². The van der Waals surface area contributed by atoms with Crippen molar-refractivity contribution in [3.05, 3.63) is 64.7 Å². The van der Waals surface area contributed by atoms with Crippen LogP contribution in [0.25, 0.3) is 0 Å². The van der Waals surface area contributed by atoms with Crippen LogP contribution in [0.3, 0.4) is 0 Å². The van der Waals surface area contributed by atoms with Gasteiger partial charge < -0.3 is 4.90 Å². The Hall–Kier alpha value is -1.80. The van der Waals surface area contributed by atoms with Gasteiger partial charge in [0.1, 0.15) is 0 Å². The molecule has 0 spiro atoms. The van der Waals surface area contributed by atoms with Gasteiger partial charge in [0.2, 0.25) is 0 Å². The lowest BCUT2D eigenvalue weighted by atomic mass is 9.99. The Morgan fingerprint density at radius 3 is 2.70 bits per heavy atom. The molecule has 1 atom stereocenters. The average Bonchev–Trinajstić information content (AvgIpc) is 2.98. The summed E-state index contributed by atoms with van der Waals surface area (Å²) in [7, 11) is 0. The highest BCUT2D eigenvalue weighted by molar-refractivity contribution is 6.31. The lowest BCUT2D eigenvalue weighted by molar-refractivity contribution is 0.112. The summed E-state index contributed by atoms with van der Waals surface area (Å²) in [6.45, 7) is 1.89. The normalized spacial score (nSPS) is 18.2. The molecule has 1 saturated heterocycles. The molecule has 0 aromatic heterocycles. The molecule has 20 heavy (non-hydrogen) atoms. The summed E-state index contributed by atoms with van der Waals surface area (Å²) < 4.78 is 0. The van der Waals surface area contributed by atoms with Gasteiger partial charge >= 0.3 is 0 Å². The second-order valence-corrected chi connectivity index (χ2v) is 5.60. The highest BCUT2D eigenvalue weighted by Gasteiger charge is 2.25. The second-order valence-electron chi connectivity index (χ2n) is 5.16. The first-order valence-corrected chi connectivity index (χ1v) is 7.20. The number of aldehydes is 1. The van der Waals surface area contributed by atoms with E-state index in [4.69, 9.17) is 11.6 Å². The first kappa shape index (κ1) is 13.2. The molecule has 0 amide bonds. The van der Waals surface area contributed by atoms with Crippen LogP contribution in [0, 0.1) is 0 Å². The van der Waals surface area contributed by atoms with Gasteiger partial charge in [0.25, 0.3) is 0 Å². The van der Waals surface area contributed by atoms with Crippen molar-refractivity contribution in [2.75, 3.05) is 18.0 Å². The molecule has 1 fully saturated rings. The highest BCUT2D eigenvalue weighted by Crippen LogP contribution is 2.33. The second kappa shape index (κ2) is 5.68. The van der Waals surface area contributed by atoms with E-state index in [0.29, 0.717) is 16.5 Å². The van der Waals surface area contributed by atoms with Crippen LogP contribution >= 0.6 is 11.6 Å². The number of nitrogens with zero attached hydrogens (tertiary/aromatic N) is 1. The maximum atomic E-state index is 11.2. The average molecular weight is 286 g/mol. The van der Waals surface area contributed by atoms with Crippen molar-refractivity contribution in [1.82, 2.24) is 0 Å². The summed E-state index contributed by atoms with van der Waals surface area (Å²) in [6, 6.07) is 16.0. The zero-order chi connectivity index (χ0) is 13.9. The first-order valence-electron chi connectivity index (χ1n) is 6.82. The molecule has 0 radical (unpaired) electrons. The SMILES string of the molecule is O=Cc1ccc(Cl)cc1N1CCC(c2ccccc2)C1. The molecule has 3 heteroatoms. The summed E-state index contributed by atoms with van der Waals surface area (Å²) in [5, 5.41) is 0.675. The Kier molecular flexibility index (Phi) is 3.75. The number of carbonyl (C=O) groups excluding carboxylic acids is 1. The van der Waals surface area contributed by atoms with Gasteiger partial charge in [-0.1, -0.05) is 41.9 Å². The van der Waals surface area contributed by atoms with E-state index in [-0.39, 0.29) is 0 Å². The predicted molar refractivity (Wildman–Crippen MR) is 82.9 cm³/mol. The maximum Gasteiger partial charge on any atom is 0.152 e. The van der Waals surface area contributed by atoms with E-state index in [9.17, 15) is 4.79 Å². The van der Waals surface area contributed by atoms with Crippen LogP contribution < -0.4 is 4.90 Å². The van der Waals surface area contributed by atoms with Crippen molar-refractivity contribution in [3.63, 3.8) is 0 Å². The third-order valence-electron chi connectivity index (χ3n) is 3.92. The maximum absolute atomic E-state index is 11.2. The fourth-order valence-corrected chi connectivity index (χ4v) is 3.03. The van der Waals surface area contributed by atoms with Gasteiger partial charge in [-0.2, -0.15) is 0 Å². The van der Waals surface area contributed by atoms with Crippen LogP contribution in [0.4, 0.5) is 5.69 Å². The Morgan fingerprint density at radius 1 is 1.15 bits per heavy atom. The minimum absolute atomic E-state index is 0.523. The monoisotopic (exact) mass is 285 g/mol. The lowest BCUT2D eigenvalue weighted by Gasteiger charge is -2.21. The van der Waals surface area contributed by atoms with Crippen molar-refractivity contribution < 1.29 is 4.79 Å². The first-order chi connectivity index (χ1) is 9.78. The molecule has 1 heterocycles. The third-order valence-corrected chi connectivity index (χ3v) is 4.15. The minimum Gasteiger partial charge on any atom is -0.370 e. The third kappa shape index (κ3) is 2.56. The molecule has 2 aromatic carbocycles. The van der Waals surface area contributed by atoms with Crippen molar-refractivity contribution in [1.29, 1.82) is 0 Å². The van der Waals surface area contributed by atoms with Crippen molar-refractivity contribution in [3.8, 4) is 0 Å². The van der Waals surface area contributed by atoms with E-state index < -0.39 is 0 Å². The summed E-state index contributed by atoms with van der Waals surface area (Å²) in [5.74, 6) is 0.523. The number of rotatable bonds is 3. The van der Waals surface area contributed by atoms with Crippen LogP contribution in [-0.4, -0.2) is 19.4 Å². The van der Waals surface area contributed by atoms with Crippen LogP contribution in [0.5, 0.6) is 0 Å². The van der Waals surface area contributed by atoms with E-state index in [1.807, 2.05) is 12.1 Å². The van der Waals surface area contributed by atoms with E-state index >= 15 is 0 Å². The van der Waals surface area contributed by atoms with E-state index in [0.717, 1.165) is 31.5 Å². The lowest BCUT2D eigenvalue weighted by Crippen LogP contribution is -2.20. The van der Waals surface area contributed by atoms with E-state index in [2.05, 4.69) is 29.2 Å². The van der Waals surface area contributed by atoms with Crippen LogP contribution in [0.15, 0.2) is 48.5 Å². The fraction of sp³-hybridized carbons (Fsp3) is 0.235. The minimum atomic E-state index is 0.523. The molecule has 0 bridgehead atoms. The topological polar surface area (TPSA) is 20.3 Å². The van der Waals surface area contributed by atoms with E-state index in [1.54, 1.807) is 12.1 Å². The van der Waals surface area contributed by atoms with Gasteiger partial charge in [0, 0.05) is 35.3 Å². The Morgan fingerprint density at radius 2 is 1.95 bits per heavy atom.